The monoisotopic (exact) mass is 584 g/mol. The number of amides is 1. The van der Waals surface area contributed by atoms with Crippen LogP contribution in [0, 0.1) is 35.2 Å². The van der Waals surface area contributed by atoms with Gasteiger partial charge in [0.1, 0.15) is 6.04 Å². The van der Waals surface area contributed by atoms with Gasteiger partial charge in [0.25, 0.3) is 5.91 Å². The quantitative estimate of drug-likeness (QED) is 0.255. The van der Waals surface area contributed by atoms with Crippen LogP contribution in [0.25, 0.3) is 0 Å². The molecule has 0 aliphatic heterocycles. The molecule has 11 heteroatoms. The van der Waals surface area contributed by atoms with Gasteiger partial charge in [0.2, 0.25) is 0 Å². The van der Waals surface area contributed by atoms with Crippen LogP contribution >= 0.6 is 23.4 Å². The highest BCUT2D eigenvalue weighted by molar-refractivity contribution is 8.00. The van der Waals surface area contributed by atoms with Crippen molar-refractivity contribution in [1.82, 2.24) is 5.32 Å². The Labute approximate surface area is 235 Å². The first-order chi connectivity index (χ1) is 18.4. The van der Waals surface area contributed by atoms with Gasteiger partial charge >= 0.3 is 5.97 Å². The zero-order valence-electron chi connectivity index (χ0n) is 21.9. The average molecular weight is 585 g/mol. The summed E-state index contributed by atoms with van der Waals surface area (Å²) >= 11 is 7.98. The molecule has 2 aliphatic carbocycles. The van der Waals surface area contributed by atoms with Crippen molar-refractivity contribution in [3.05, 3.63) is 58.4 Å². The van der Waals surface area contributed by atoms with Crippen molar-refractivity contribution in [2.45, 2.75) is 61.3 Å². The molecule has 2 aliphatic rings. The molecule has 0 saturated heterocycles. The molecule has 2 bridgehead atoms. The van der Waals surface area contributed by atoms with Gasteiger partial charge in [-0.15, -0.1) is 11.8 Å². The maximum Gasteiger partial charge on any atom is 0.323 e. The molecule has 2 aromatic carbocycles. The minimum Gasteiger partial charge on any atom is -0.468 e. The number of anilines is 1. The molecule has 3 N–H and O–H groups in total. The van der Waals surface area contributed by atoms with Crippen LogP contribution in [0.1, 0.15) is 49.9 Å². The Morgan fingerprint density at radius 3 is 2.31 bits per heavy atom. The van der Waals surface area contributed by atoms with Gasteiger partial charge in [-0.25, -0.2) is 13.2 Å². The Kier molecular flexibility index (Phi) is 9.20. The number of thioether (sulfide) groups is 1. The van der Waals surface area contributed by atoms with Gasteiger partial charge in [-0.1, -0.05) is 25.4 Å². The summed E-state index contributed by atoms with van der Waals surface area (Å²) in [5.74, 6) is -5.27. The molecule has 0 heterocycles. The van der Waals surface area contributed by atoms with Crippen molar-refractivity contribution in [3.63, 3.8) is 0 Å². The second kappa shape index (κ2) is 12.1. The number of aliphatic hydroxyl groups is 1. The summed E-state index contributed by atoms with van der Waals surface area (Å²) in [7, 11) is 1.35. The molecule has 2 fully saturated rings. The van der Waals surface area contributed by atoms with Gasteiger partial charge in [-0.2, -0.15) is 0 Å². The van der Waals surface area contributed by atoms with Crippen molar-refractivity contribution in [3.8, 4) is 0 Å². The number of benzene rings is 2. The van der Waals surface area contributed by atoms with Gasteiger partial charge in [-0.3, -0.25) is 9.59 Å². The van der Waals surface area contributed by atoms with Crippen molar-refractivity contribution < 1.29 is 32.6 Å². The first-order valence-electron chi connectivity index (χ1n) is 12.9. The fourth-order valence-electron chi connectivity index (χ4n) is 5.73. The minimum absolute atomic E-state index is 0.0123. The normalized spacial score (nSPS) is 25.0. The number of hydrogen-bond acceptors (Lipinski definition) is 6. The lowest BCUT2D eigenvalue weighted by Crippen LogP contribution is -2.56. The van der Waals surface area contributed by atoms with Crippen LogP contribution in [0.15, 0.2) is 35.2 Å². The van der Waals surface area contributed by atoms with E-state index in [2.05, 4.69) is 10.6 Å². The van der Waals surface area contributed by atoms with E-state index in [-0.39, 0.29) is 40.2 Å². The van der Waals surface area contributed by atoms with E-state index in [9.17, 15) is 27.9 Å². The molecule has 4 rings (SSSR count). The summed E-state index contributed by atoms with van der Waals surface area (Å²) in [6, 6.07) is 5.63. The number of fused-ring (bicyclic) bond motifs is 2. The van der Waals surface area contributed by atoms with E-state index in [0.717, 1.165) is 25.7 Å². The lowest BCUT2D eigenvalue weighted by molar-refractivity contribution is -0.145. The molecule has 0 aromatic heterocycles. The number of methoxy groups -OCH3 is 1. The summed E-state index contributed by atoms with van der Waals surface area (Å²) < 4.78 is 45.2. The van der Waals surface area contributed by atoms with Crippen LogP contribution in [0.2, 0.25) is 5.02 Å². The standard InChI is InChI=1S/C28H32ClF3N2O4S/c1-14(2)25(27(36)38-3)33-13-28(37)16-5-6-17(28)10-19(9-16)39-23-8-15(4-7-20(23)29)26(35)34-18-11-21(30)24(32)22(31)12-18/h4,7-8,11-12,14,16-17,19,25,33,37H,5-6,9-10,13H2,1-3H3,(H,34,35)/t16-,17?,19-,25-,28-/m0/s1. The van der Waals surface area contributed by atoms with Gasteiger partial charge in [0.15, 0.2) is 17.5 Å². The fraction of sp³-hybridized carbons (Fsp3) is 0.500. The molecule has 0 radical (unpaired) electrons. The average Bonchev–Trinajstić information content (AvgIpc) is 3.03. The van der Waals surface area contributed by atoms with Crippen molar-refractivity contribution in [2.75, 3.05) is 19.0 Å². The summed E-state index contributed by atoms with van der Waals surface area (Å²) in [6.45, 7) is 4.16. The van der Waals surface area contributed by atoms with Crippen LogP contribution in [-0.2, 0) is 9.53 Å². The molecular formula is C28H32ClF3N2O4S. The smallest absolute Gasteiger partial charge is 0.323 e. The molecule has 5 atom stereocenters. The van der Waals surface area contributed by atoms with Crippen molar-refractivity contribution in [1.29, 1.82) is 0 Å². The highest BCUT2D eigenvalue weighted by atomic mass is 35.5. The molecule has 2 aromatic rings. The number of halogens is 4. The summed E-state index contributed by atoms with van der Waals surface area (Å²) in [6.07, 6.45) is 3.24. The number of ether oxygens (including phenoxy) is 1. The second-order valence-electron chi connectivity index (χ2n) is 10.7. The first kappa shape index (κ1) is 29.7. The zero-order chi connectivity index (χ0) is 28.5. The SMILES string of the molecule is COC(=O)[C@@H](NC[C@@]1(O)C2CC[C@H]1C[C@H](Sc1cc(C(=O)Nc3cc(F)c(F)c(F)c3)ccc1Cl)C2)C(C)C. The molecule has 1 amide bonds. The number of esters is 1. The predicted octanol–water partition coefficient (Wildman–Crippen LogP) is 5.81. The Balaban J connectivity index is 1.42. The predicted molar refractivity (Wildman–Crippen MR) is 144 cm³/mol. The van der Waals surface area contributed by atoms with E-state index in [4.69, 9.17) is 16.3 Å². The third kappa shape index (κ3) is 6.39. The first-order valence-corrected chi connectivity index (χ1v) is 14.1. The molecule has 39 heavy (non-hydrogen) atoms. The van der Waals surface area contributed by atoms with E-state index >= 15 is 0 Å². The largest absolute Gasteiger partial charge is 0.468 e. The Bertz CT molecular complexity index is 1210. The van der Waals surface area contributed by atoms with Gasteiger partial charge in [0, 0.05) is 40.1 Å². The van der Waals surface area contributed by atoms with E-state index in [1.165, 1.54) is 24.9 Å². The third-order valence-corrected chi connectivity index (χ3v) is 9.58. The van der Waals surface area contributed by atoms with Gasteiger partial charge in [0.05, 0.1) is 17.7 Å². The highest BCUT2D eigenvalue weighted by Gasteiger charge is 2.53. The molecular weight excluding hydrogens is 553 g/mol. The van der Waals surface area contributed by atoms with E-state index in [1.54, 1.807) is 12.1 Å². The van der Waals surface area contributed by atoms with E-state index < -0.39 is 35.0 Å². The van der Waals surface area contributed by atoms with Crippen LogP contribution < -0.4 is 10.6 Å². The minimum atomic E-state index is -1.61. The van der Waals surface area contributed by atoms with E-state index in [0.29, 0.717) is 28.6 Å². The molecule has 212 valence electrons. The lowest BCUT2D eigenvalue weighted by Gasteiger charge is -2.43. The number of hydrogen-bond donors (Lipinski definition) is 3. The van der Waals surface area contributed by atoms with Crippen LogP contribution in [0.4, 0.5) is 18.9 Å². The summed E-state index contributed by atoms with van der Waals surface area (Å²) in [5, 5.41) is 17.9. The maximum absolute atomic E-state index is 13.5. The Morgan fingerprint density at radius 1 is 1.13 bits per heavy atom. The molecule has 1 unspecified atom stereocenters. The number of rotatable bonds is 9. The van der Waals surface area contributed by atoms with Crippen LogP contribution in [0.3, 0.4) is 0 Å². The van der Waals surface area contributed by atoms with Crippen LogP contribution in [0.5, 0.6) is 0 Å². The lowest BCUT2D eigenvalue weighted by atomic mass is 9.74. The number of carbonyl (C=O) groups excluding carboxylic acids is 2. The molecule has 0 spiro atoms. The molecule has 2 saturated carbocycles. The summed E-state index contributed by atoms with van der Waals surface area (Å²) in [4.78, 5) is 25.6. The van der Waals surface area contributed by atoms with Gasteiger partial charge < -0.3 is 20.5 Å². The van der Waals surface area contributed by atoms with Crippen molar-refractivity contribution >= 4 is 40.9 Å². The summed E-state index contributed by atoms with van der Waals surface area (Å²) in [5.41, 5.74) is -0.901. The Morgan fingerprint density at radius 2 is 1.74 bits per heavy atom. The fourth-order valence-corrected chi connectivity index (χ4v) is 7.38. The Hall–Kier alpha value is -2.27. The molecule has 6 nitrogen and oxygen atoms in total. The van der Waals surface area contributed by atoms with E-state index in [1.807, 2.05) is 13.8 Å². The van der Waals surface area contributed by atoms with Crippen molar-refractivity contribution in [2.24, 2.45) is 17.8 Å². The van der Waals surface area contributed by atoms with Crippen LogP contribution in [-0.4, -0.2) is 47.5 Å². The topological polar surface area (TPSA) is 87.7 Å². The number of nitrogens with one attached hydrogen (secondary N) is 2. The number of carbonyl (C=O) groups is 2. The van der Waals surface area contributed by atoms with Gasteiger partial charge in [-0.05, 0) is 61.6 Å². The second-order valence-corrected chi connectivity index (χ2v) is 12.4. The zero-order valence-corrected chi connectivity index (χ0v) is 23.5. The maximum atomic E-state index is 13.5. The highest BCUT2D eigenvalue weighted by Crippen LogP contribution is 2.53. The third-order valence-electron chi connectivity index (χ3n) is 7.83.